The topological polar surface area (TPSA) is 64.6 Å². The van der Waals surface area contributed by atoms with Crippen molar-refractivity contribution < 1.29 is 33.2 Å². The van der Waals surface area contributed by atoms with Gasteiger partial charge in [-0.05, 0) is 51.4 Å². The highest BCUT2D eigenvalue weighted by Gasteiger charge is 2.26. The lowest BCUT2D eigenvalue weighted by Gasteiger charge is -2.29. The molecule has 0 spiro atoms. The summed E-state index contributed by atoms with van der Waals surface area (Å²) in [6.07, 6.45) is 15.6. The second kappa shape index (κ2) is 24.5. The predicted molar refractivity (Wildman–Crippen MR) is 151 cm³/mol. The van der Waals surface area contributed by atoms with Gasteiger partial charge in [-0.15, -0.1) is 6.58 Å². The number of hydrogen-bond acceptors (Lipinski definition) is 7. The van der Waals surface area contributed by atoms with E-state index in [1.165, 1.54) is 19.3 Å². The van der Waals surface area contributed by atoms with Gasteiger partial charge in [-0.25, -0.2) is 0 Å². The van der Waals surface area contributed by atoms with Crippen molar-refractivity contribution >= 4 is 0 Å². The summed E-state index contributed by atoms with van der Waals surface area (Å²) in [5.74, 6) is 0. The van der Waals surface area contributed by atoms with Crippen LogP contribution in [-0.4, -0.2) is 92.5 Å². The van der Waals surface area contributed by atoms with Crippen LogP contribution in [0.1, 0.15) is 90.4 Å². The highest BCUT2D eigenvalue weighted by molar-refractivity contribution is 4.80. The van der Waals surface area contributed by atoms with Crippen LogP contribution < -0.4 is 0 Å². The second-order valence-electron chi connectivity index (χ2n) is 10.1. The zero-order valence-corrected chi connectivity index (χ0v) is 25.4. The van der Waals surface area contributed by atoms with Crippen molar-refractivity contribution in [3.05, 3.63) is 12.7 Å². The lowest BCUT2D eigenvalue weighted by atomic mass is 9.95. The molecule has 7 unspecified atom stereocenters. The number of rotatable bonds is 27. The van der Waals surface area contributed by atoms with E-state index in [-0.39, 0.29) is 36.6 Å². The molecule has 0 rings (SSSR count). The van der Waals surface area contributed by atoms with Gasteiger partial charge in [0.05, 0.1) is 42.7 Å². The van der Waals surface area contributed by atoms with E-state index in [4.69, 9.17) is 33.2 Å². The highest BCUT2D eigenvalue weighted by Crippen LogP contribution is 2.23. The molecule has 0 saturated carbocycles. The van der Waals surface area contributed by atoms with Crippen LogP contribution in [-0.2, 0) is 33.2 Å². The molecule has 0 aliphatic heterocycles. The van der Waals surface area contributed by atoms with Crippen LogP contribution in [0.15, 0.2) is 12.7 Å². The van der Waals surface area contributed by atoms with E-state index >= 15 is 0 Å². The molecule has 7 nitrogen and oxygen atoms in total. The first-order valence-electron chi connectivity index (χ1n) is 14.2. The van der Waals surface area contributed by atoms with Crippen LogP contribution in [0, 0.1) is 0 Å². The van der Waals surface area contributed by atoms with Crippen LogP contribution in [0.3, 0.4) is 0 Å². The van der Waals surface area contributed by atoms with Gasteiger partial charge >= 0.3 is 0 Å². The Kier molecular flexibility index (Phi) is 24.1. The minimum atomic E-state index is 0.0236. The fraction of sp³-hybridized carbons (Fsp3) is 0.933. The number of hydrogen-bond donors (Lipinski definition) is 0. The normalized spacial score (nSPS) is 17.6. The van der Waals surface area contributed by atoms with E-state index in [1.54, 1.807) is 42.7 Å². The molecule has 0 aliphatic carbocycles. The van der Waals surface area contributed by atoms with E-state index in [2.05, 4.69) is 13.5 Å². The summed E-state index contributed by atoms with van der Waals surface area (Å²) in [6, 6.07) is 0. The van der Waals surface area contributed by atoms with Crippen LogP contribution in [0.4, 0.5) is 0 Å². The fourth-order valence-corrected chi connectivity index (χ4v) is 5.05. The Balaban J connectivity index is 4.69. The van der Waals surface area contributed by atoms with Gasteiger partial charge < -0.3 is 33.2 Å². The second-order valence-corrected chi connectivity index (χ2v) is 10.1. The Morgan fingerprint density at radius 3 is 1.16 bits per heavy atom. The van der Waals surface area contributed by atoms with Crippen molar-refractivity contribution in [1.82, 2.24) is 0 Å². The molecule has 0 amide bonds. The van der Waals surface area contributed by atoms with Crippen LogP contribution in [0.2, 0.25) is 0 Å². The van der Waals surface area contributed by atoms with Crippen molar-refractivity contribution in [2.24, 2.45) is 0 Å². The van der Waals surface area contributed by atoms with Crippen molar-refractivity contribution in [2.45, 2.75) is 133 Å². The summed E-state index contributed by atoms with van der Waals surface area (Å²) in [5, 5.41) is 0. The molecule has 0 bridgehead atoms. The van der Waals surface area contributed by atoms with Gasteiger partial charge in [0.15, 0.2) is 0 Å². The zero-order valence-electron chi connectivity index (χ0n) is 25.4. The largest absolute Gasteiger partial charge is 0.381 e. The maximum Gasteiger partial charge on any atom is 0.0630 e. The molecule has 0 saturated heterocycles. The van der Waals surface area contributed by atoms with Gasteiger partial charge in [0.25, 0.3) is 0 Å². The number of unbranched alkanes of at least 4 members (excludes halogenated alkanes) is 2. The standard InChI is InChI=1S/C30H60O7/c1-10-15-24(31-3)17-13-12-14-18-26(33-5)20-28(35-7)22-30(37-9)23-29(36-8)21-27(34-6)19-25(32-4)16-11-2/h11,24-30H,2,10,12-23H2,1,3-9H3. The van der Waals surface area contributed by atoms with Gasteiger partial charge in [-0.3, -0.25) is 0 Å². The monoisotopic (exact) mass is 532 g/mol. The molecule has 7 heteroatoms. The van der Waals surface area contributed by atoms with Crippen LogP contribution in [0.5, 0.6) is 0 Å². The molecule has 0 aliphatic rings. The van der Waals surface area contributed by atoms with Crippen molar-refractivity contribution in [1.29, 1.82) is 0 Å². The Morgan fingerprint density at radius 1 is 0.459 bits per heavy atom. The minimum Gasteiger partial charge on any atom is -0.381 e. The first-order valence-corrected chi connectivity index (χ1v) is 14.2. The lowest BCUT2D eigenvalue weighted by molar-refractivity contribution is -0.0490. The third-order valence-corrected chi connectivity index (χ3v) is 7.55. The quantitative estimate of drug-likeness (QED) is 0.0900. The van der Waals surface area contributed by atoms with Gasteiger partial charge in [0, 0.05) is 56.2 Å². The number of ether oxygens (including phenoxy) is 7. The van der Waals surface area contributed by atoms with Crippen molar-refractivity contribution in [2.75, 3.05) is 49.8 Å². The molecule has 0 N–H and O–H groups in total. The summed E-state index contributed by atoms with van der Waals surface area (Å²) in [5.41, 5.74) is 0. The molecule has 222 valence electrons. The molecule has 0 fully saturated rings. The minimum absolute atomic E-state index is 0.0236. The molecular formula is C30H60O7. The lowest BCUT2D eigenvalue weighted by Crippen LogP contribution is -2.32. The van der Waals surface area contributed by atoms with Gasteiger partial charge in [0.2, 0.25) is 0 Å². The summed E-state index contributed by atoms with van der Waals surface area (Å²) in [7, 11) is 12.4. The smallest absolute Gasteiger partial charge is 0.0630 e. The number of methoxy groups -OCH3 is 7. The molecule has 0 heterocycles. The Labute approximate surface area is 228 Å². The predicted octanol–water partition coefficient (Wildman–Crippen LogP) is 6.37. The summed E-state index contributed by atoms with van der Waals surface area (Å²) in [6.45, 7) is 6.04. The third kappa shape index (κ3) is 17.6. The molecule has 37 heavy (non-hydrogen) atoms. The van der Waals surface area contributed by atoms with E-state index < -0.39 is 0 Å². The zero-order chi connectivity index (χ0) is 27.9. The summed E-state index contributed by atoms with van der Waals surface area (Å²) in [4.78, 5) is 0. The fourth-order valence-electron chi connectivity index (χ4n) is 5.05. The third-order valence-electron chi connectivity index (χ3n) is 7.55. The summed E-state index contributed by atoms with van der Waals surface area (Å²) < 4.78 is 40.3. The molecule has 7 atom stereocenters. The Hall–Kier alpha value is -0.540. The van der Waals surface area contributed by atoms with Gasteiger partial charge in [0.1, 0.15) is 0 Å². The molecular weight excluding hydrogens is 472 g/mol. The van der Waals surface area contributed by atoms with Gasteiger partial charge in [-0.1, -0.05) is 38.7 Å². The molecule has 0 aromatic rings. The average molecular weight is 533 g/mol. The maximum absolute atomic E-state index is 5.86. The average Bonchev–Trinajstić information content (AvgIpc) is 2.92. The first kappa shape index (κ1) is 36.5. The first-order chi connectivity index (χ1) is 17.9. The molecule has 0 aromatic heterocycles. The SMILES string of the molecule is C=CCC(CC(CC(CC(CC(CC(CCCCCC(CCC)OC)OC)OC)OC)OC)OC)OC. The summed E-state index contributed by atoms with van der Waals surface area (Å²) >= 11 is 0. The molecule has 0 radical (unpaired) electrons. The van der Waals surface area contributed by atoms with Crippen molar-refractivity contribution in [3.8, 4) is 0 Å². The Morgan fingerprint density at radius 2 is 0.811 bits per heavy atom. The van der Waals surface area contributed by atoms with E-state index in [9.17, 15) is 0 Å². The maximum atomic E-state index is 5.86. The van der Waals surface area contributed by atoms with E-state index in [1.807, 2.05) is 13.2 Å². The van der Waals surface area contributed by atoms with E-state index in [0.29, 0.717) is 6.10 Å². The van der Waals surface area contributed by atoms with Crippen LogP contribution in [0.25, 0.3) is 0 Å². The van der Waals surface area contributed by atoms with Gasteiger partial charge in [-0.2, -0.15) is 0 Å². The van der Waals surface area contributed by atoms with E-state index in [0.717, 1.165) is 64.2 Å². The van der Waals surface area contributed by atoms with Crippen LogP contribution >= 0.6 is 0 Å². The Bertz CT molecular complexity index is 504. The molecule has 0 aromatic carbocycles. The van der Waals surface area contributed by atoms with Crippen molar-refractivity contribution in [3.63, 3.8) is 0 Å². The highest BCUT2D eigenvalue weighted by atomic mass is 16.5.